The van der Waals surface area contributed by atoms with Gasteiger partial charge in [-0.1, -0.05) is 42.5 Å². The molecule has 3 aromatic rings. The molecular formula is C23H23NO4. The number of rotatable bonds is 7. The van der Waals surface area contributed by atoms with E-state index < -0.39 is 0 Å². The van der Waals surface area contributed by atoms with Gasteiger partial charge >= 0.3 is 0 Å². The molecule has 3 aromatic carbocycles. The van der Waals surface area contributed by atoms with Gasteiger partial charge < -0.3 is 19.5 Å². The second-order valence-electron chi connectivity index (χ2n) is 6.12. The lowest BCUT2D eigenvalue weighted by molar-refractivity contribution is 0.0950. The van der Waals surface area contributed by atoms with Gasteiger partial charge in [-0.05, 0) is 35.4 Å². The van der Waals surface area contributed by atoms with Crippen molar-refractivity contribution in [3.63, 3.8) is 0 Å². The minimum absolute atomic E-state index is 0.156. The van der Waals surface area contributed by atoms with Crippen LogP contribution in [0.2, 0.25) is 0 Å². The molecule has 3 rings (SSSR count). The SMILES string of the molecule is COc1ccc(CNC(=O)c2ccc(-c3ccccc3)cc2)c(OC)c1OC. The monoisotopic (exact) mass is 377 g/mol. The van der Waals surface area contributed by atoms with E-state index in [4.69, 9.17) is 14.2 Å². The van der Waals surface area contributed by atoms with Gasteiger partial charge in [0.05, 0.1) is 21.3 Å². The standard InChI is InChI=1S/C23H23NO4/c1-26-20-14-13-19(21(27-2)22(20)28-3)15-24-23(25)18-11-9-17(10-12-18)16-7-5-4-6-8-16/h4-14H,15H2,1-3H3,(H,24,25). The molecule has 0 fully saturated rings. The zero-order valence-corrected chi connectivity index (χ0v) is 16.2. The second-order valence-corrected chi connectivity index (χ2v) is 6.12. The lowest BCUT2D eigenvalue weighted by Crippen LogP contribution is -2.23. The highest BCUT2D eigenvalue weighted by Crippen LogP contribution is 2.39. The predicted molar refractivity (Wildman–Crippen MR) is 109 cm³/mol. The smallest absolute Gasteiger partial charge is 0.251 e. The van der Waals surface area contributed by atoms with Crippen molar-refractivity contribution in [2.24, 2.45) is 0 Å². The molecule has 0 saturated carbocycles. The molecule has 28 heavy (non-hydrogen) atoms. The van der Waals surface area contributed by atoms with Crippen LogP contribution in [0.4, 0.5) is 0 Å². The molecule has 0 aliphatic carbocycles. The van der Waals surface area contributed by atoms with E-state index in [0.717, 1.165) is 16.7 Å². The fourth-order valence-corrected chi connectivity index (χ4v) is 3.02. The van der Waals surface area contributed by atoms with E-state index in [9.17, 15) is 4.79 Å². The molecule has 1 N–H and O–H groups in total. The van der Waals surface area contributed by atoms with Crippen molar-refractivity contribution < 1.29 is 19.0 Å². The average Bonchev–Trinajstić information content (AvgIpc) is 2.77. The molecule has 0 atom stereocenters. The first-order valence-corrected chi connectivity index (χ1v) is 8.89. The van der Waals surface area contributed by atoms with Crippen molar-refractivity contribution in [2.45, 2.75) is 6.54 Å². The Morgan fingerprint density at radius 1 is 0.750 bits per heavy atom. The third-order valence-corrected chi connectivity index (χ3v) is 4.48. The third-order valence-electron chi connectivity index (χ3n) is 4.48. The Morgan fingerprint density at radius 3 is 2.00 bits per heavy atom. The van der Waals surface area contributed by atoms with Gasteiger partial charge in [0.2, 0.25) is 5.75 Å². The van der Waals surface area contributed by atoms with Crippen molar-refractivity contribution in [1.29, 1.82) is 0 Å². The largest absolute Gasteiger partial charge is 0.493 e. The number of ether oxygens (including phenoxy) is 3. The number of hydrogen-bond donors (Lipinski definition) is 1. The van der Waals surface area contributed by atoms with Gasteiger partial charge in [-0.3, -0.25) is 4.79 Å². The normalized spacial score (nSPS) is 10.2. The first-order chi connectivity index (χ1) is 13.7. The van der Waals surface area contributed by atoms with Crippen molar-refractivity contribution >= 4 is 5.91 Å². The van der Waals surface area contributed by atoms with Gasteiger partial charge in [0, 0.05) is 17.7 Å². The summed E-state index contributed by atoms with van der Waals surface area (Å²) in [5, 5.41) is 2.92. The summed E-state index contributed by atoms with van der Waals surface area (Å²) < 4.78 is 16.1. The van der Waals surface area contributed by atoms with Crippen LogP contribution in [0.15, 0.2) is 66.7 Å². The van der Waals surface area contributed by atoms with Crippen LogP contribution in [-0.2, 0) is 6.54 Å². The molecule has 0 heterocycles. The predicted octanol–water partition coefficient (Wildman–Crippen LogP) is 4.31. The summed E-state index contributed by atoms with van der Waals surface area (Å²) in [6.07, 6.45) is 0. The Labute approximate surface area is 164 Å². The highest BCUT2D eigenvalue weighted by atomic mass is 16.5. The summed E-state index contributed by atoms with van der Waals surface area (Å²) in [5.74, 6) is 1.47. The summed E-state index contributed by atoms with van der Waals surface area (Å²) in [6.45, 7) is 0.308. The van der Waals surface area contributed by atoms with E-state index in [0.29, 0.717) is 29.4 Å². The van der Waals surface area contributed by atoms with Gasteiger partial charge in [-0.2, -0.15) is 0 Å². The number of benzene rings is 3. The highest BCUT2D eigenvalue weighted by Gasteiger charge is 2.16. The number of nitrogens with one attached hydrogen (secondary N) is 1. The zero-order chi connectivity index (χ0) is 19.9. The topological polar surface area (TPSA) is 56.8 Å². The Kier molecular flexibility index (Phi) is 6.17. The van der Waals surface area contributed by atoms with Crippen molar-refractivity contribution in [1.82, 2.24) is 5.32 Å². The van der Waals surface area contributed by atoms with Crippen LogP contribution in [0.25, 0.3) is 11.1 Å². The first-order valence-electron chi connectivity index (χ1n) is 8.89. The molecule has 0 unspecified atom stereocenters. The average molecular weight is 377 g/mol. The minimum atomic E-state index is -0.156. The van der Waals surface area contributed by atoms with Crippen molar-refractivity contribution in [3.05, 3.63) is 77.9 Å². The molecule has 0 radical (unpaired) electrons. The third kappa shape index (κ3) is 4.09. The molecular weight excluding hydrogens is 354 g/mol. The first kappa shape index (κ1) is 19.3. The Bertz CT molecular complexity index is 937. The molecule has 0 aromatic heterocycles. The summed E-state index contributed by atoms with van der Waals surface area (Å²) >= 11 is 0. The van der Waals surface area contributed by atoms with E-state index in [1.54, 1.807) is 27.4 Å². The quantitative estimate of drug-likeness (QED) is 0.667. The van der Waals surface area contributed by atoms with Crippen LogP contribution in [0.3, 0.4) is 0 Å². The molecule has 5 heteroatoms. The second kappa shape index (κ2) is 8.95. The number of carbonyl (C=O) groups is 1. The number of methoxy groups -OCH3 is 3. The van der Waals surface area contributed by atoms with Gasteiger partial charge in [0.25, 0.3) is 5.91 Å². The van der Waals surface area contributed by atoms with E-state index in [2.05, 4.69) is 5.32 Å². The van der Waals surface area contributed by atoms with E-state index in [1.807, 2.05) is 60.7 Å². The maximum atomic E-state index is 12.5. The molecule has 0 aliphatic heterocycles. The van der Waals surface area contributed by atoms with Crippen LogP contribution in [-0.4, -0.2) is 27.2 Å². The van der Waals surface area contributed by atoms with Gasteiger partial charge in [0.1, 0.15) is 0 Å². The fourth-order valence-electron chi connectivity index (χ4n) is 3.02. The van der Waals surface area contributed by atoms with Crippen LogP contribution in [0.5, 0.6) is 17.2 Å². The van der Waals surface area contributed by atoms with E-state index >= 15 is 0 Å². The van der Waals surface area contributed by atoms with Gasteiger partial charge in [-0.15, -0.1) is 0 Å². The van der Waals surface area contributed by atoms with Gasteiger partial charge in [-0.25, -0.2) is 0 Å². The summed E-state index contributed by atoms with van der Waals surface area (Å²) in [4.78, 5) is 12.5. The maximum absolute atomic E-state index is 12.5. The van der Waals surface area contributed by atoms with Crippen LogP contribution >= 0.6 is 0 Å². The molecule has 0 saturated heterocycles. The molecule has 1 amide bonds. The number of amides is 1. The number of carbonyl (C=O) groups excluding carboxylic acids is 1. The van der Waals surface area contributed by atoms with Crippen molar-refractivity contribution in [2.75, 3.05) is 21.3 Å². The highest BCUT2D eigenvalue weighted by molar-refractivity contribution is 5.94. The van der Waals surface area contributed by atoms with Crippen LogP contribution in [0, 0.1) is 0 Å². The molecule has 0 aliphatic rings. The van der Waals surface area contributed by atoms with E-state index in [1.165, 1.54) is 0 Å². The minimum Gasteiger partial charge on any atom is -0.493 e. The molecule has 5 nitrogen and oxygen atoms in total. The summed E-state index contributed by atoms with van der Waals surface area (Å²) in [6, 6.07) is 21.2. The summed E-state index contributed by atoms with van der Waals surface area (Å²) in [5.41, 5.74) is 3.58. The van der Waals surface area contributed by atoms with Crippen molar-refractivity contribution in [3.8, 4) is 28.4 Å². The molecule has 0 bridgehead atoms. The van der Waals surface area contributed by atoms with Crippen LogP contribution < -0.4 is 19.5 Å². The Morgan fingerprint density at radius 2 is 1.39 bits per heavy atom. The lowest BCUT2D eigenvalue weighted by atomic mass is 10.0. The molecule has 144 valence electrons. The zero-order valence-electron chi connectivity index (χ0n) is 16.2. The van der Waals surface area contributed by atoms with Gasteiger partial charge in [0.15, 0.2) is 11.5 Å². The molecule has 0 spiro atoms. The summed E-state index contributed by atoms with van der Waals surface area (Å²) in [7, 11) is 4.68. The van der Waals surface area contributed by atoms with E-state index in [-0.39, 0.29) is 5.91 Å². The Balaban J connectivity index is 1.72. The fraction of sp³-hybridized carbons (Fsp3) is 0.174. The Hall–Kier alpha value is -3.47. The van der Waals surface area contributed by atoms with Crippen LogP contribution in [0.1, 0.15) is 15.9 Å². The number of hydrogen-bond acceptors (Lipinski definition) is 4. The lowest BCUT2D eigenvalue weighted by Gasteiger charge is -2.16. The maximum Gasteiger partial charge on any atom is 0.251 e.